The standard InChI is InChI=1S/C7H11NS/c1-2-9-7-5-3-4-6-8-7/h3-8H,2H2,1H3. The minimum absolute atomic E-state index is 0.500. The Bertz CT molecular complexity index is 129. The first-order valence-corrected chi connectivity index (χ1v) is 4.19. The van der Waals surface area contributed by atoms with Crippen molar-refractivity contribution in [3.8, 4) is 0 Å². The second-order valence-corrected chi connectivity index (χ2v) is 3.21. The summed E-state index contributed by atoms with van der Waals surface area (Å²) in [6.07, 6.45) is 8.22. The molecule has 0 bridgehead atoms. The average Bonchev–Trinajstić information content (AvgIpc) is 1.91. The van der Waals surface area contributed by atoms with Crippen molar-refractivity contribution in [2.24, 2.45) is 0 Å². The van der Waals surface area contributed by atoms with Gasteiger partial charge in [-0.15, -0.1) is 11.8 Å². The summed E-state index contributed by atoms with van der Waals surface area (Å²) in [6.45, 7) is 2.17. The Hall–Kier alpha value is -0.370. The Labute approximate surface area is 60.2 Å². The summed E-state index contributed by atoms with van der Waals surface area (Å²) in [4.78, 5) is 0. The topological polar surface area (TPSA) is 12.0 Å². The summed E-state index contributed by atoms with van der Waals surface area (Å²) < 4.78 is 0. The Morgan fingerprint density at radius 2 is 2.44 bits per heavy atom. The van der Waals surface area contributed by atoms with Crippen LogP contribution in [0.4, 0.5) is 0 Å². The highest BCUT2D eigenvalue weighted by atomic mass is 32.2. The zero-order valence-electron chi connectivity index (χ0n) is 5.50. The molecule has 1 heterocycles. The SMILES string of the molecule is CCSC1C=CC=CN1. The second kappa shape index (κ2) is 3.62. The first-order valence-electron chi connectivity index (χ1n) is 3.14. The van der Waals surface area contributed by atoms with E-state index in [9.17, 15) is 0 Å². The summed E-state index contributed by atoms with van der Waals surface area (Å²) in [7, 11) is 0. The number of thioether (sulfide) groups is 1. The predicted octanol–water partition coefficient (Wildman–Crippen LogP) is 1.74. The van der Waals surface area contributed by atoms with Crippen molar-refractivity contribution >= 4 is 11.8 Å². The van der Waals surface area contributed by atoms with E-state index in [2.05, 4.69) is 24.4 Å². The van der Waals surface area contributed by atoms with Crippen LogP contribution in [0.25, 0.3) is 0 Å². The maximum absolute atomic E-state index is 3.22. The van der Waals surface area contributed by atoms with Gasteiger partial charge in [0.15, 0.2) is 0 Å². The molecule has 1 N–H and O–H groups in total. The van der Waals surface area contributed by atoms with Crippen LogP contribution in [0, 0.1) is 0 Å². The quantitative estimate of drug-likeness (QED) is 0.628. The van der Waals surface area contributed by atoms with Crippen LogP contribution >= 0.6 is 11.8 Å². The Kier molecular flexibility index (Phi) is 2.71. The molecule has 0 spiro atoms. The first kappa shape index (κ1) is 6.75. The highest BCUT2D eigenvalue weighted by molar-refractivity contribution is 8.00. The predicted molar refractivity (Wildman–Crippen MR) is 43.3 cm³/mol. The third-order valence-corrected chi connectivity index (χ3v) is 2.09. The summed E-state index contributed by atoms with van der Waals surface area (Å²) in [5.41, 5.74) is 0. The third-order valence-electron chi connectivity index (χ3n) is 1.10. The molecule has 0 amide bonds. The first-order chi connectivity index (χ1) is 4.43. The lowest BCUT2D eigenvalue weighted by atomic mass is 10.4. The highest BCUT2D eigenvalue weighted by Gasteiger charge is 2.00. The fraction of sp³-hybridized carbons (Fsp3) is 0.429. The van der Waals surface area contributed by atoms with Crippen molar-refractivity contribution in [3.05, 3.63) is 24.4 Å². The molecule has 0 aromatic heterocycles. The second-order valence-electron chi connectivity index (χ2n) is 1.79. The Morgan fingerprint density at radius 3 is 3.00 bits per heavy atom. The minimum Gasteiger partial charge on any atom is -0.376 e. The van der Waals surface area contributed by atoms with Crippen LogP contribution < -0.4 is 5.32 Å². The van der Waals surface area contributed by atoms with Crippen molar-refractivity contribution in [1.82, 2.24) is 5.32 Å². The van der Waals surface area contributed by atoms with Crippen LogP contribution in [0.5, 0.6) is 0 Å². The molecule has 0 aromatic rings. The third kappa shape index (κ3) is 2.14. The summed E-state index contributed by atoms with van der Waals surface area (Å²) in [5, 5.41) is 3.72. The van der Waals surface area contributed by atoms with E-state index in [1.807, 2.05) is 24.0 Å². The van der Waals surface area contributed by atoms with Gasteiger partial charge in [0.2, 0.25) is 0 Å². The molecule has 1 atom stereocenters. The molecule has 1 rings (SSSR count). The molecular formula is C7H11NS. The molecule has 1 unspecified atom stereocenters. The van der Waals surface area contributed by atoms with E-state index in [1.54, 1.807) is 0 Å². The van der Waals surface area contributed by atoms with Crippen molar-refractivity contribution in [2.45, 2.75) is 12.3 Å². The minimum atomic E-state index is 0.500. The lowest BCUT2D eigenvalue weighted by molar-refractivity contribution is 0.912. The van der Waals surface area contributed by atoms with Gasteiger partial charge in [-0.05, 0) is 18.0 Å². The van der Waals surface area contributed by atoms with Gasteiger partial charge in [-0.2, -0.15) is 0 Å². The molecule has 1 nitrogen and oxygen atoms in total. The zero-order valence-corrected chi connectivity index (χ0v) is 6.32. The lowest BCUT2D eigenvalue weighted by Gasteiger charge is -2.13. The molecule has 0 fully saturated rings. The molecule has 2 heteroatoms. The number of hydrogen-bond donors (Lipinski definition) is 1. The van der Waals surface area contributed by atoms with Crippen LogP contribution in [0.1, 0.15) is 6.92 Å². The van der Waals surface area contributed by atoms with Gasteiger partial charge in [0.1, 0.15) is 0 Å². The summed E-state index contributed by atoms with van der Waals surface area (Å²) in [6, 6.07) is 0. The van der Waals surface area contributed by atoms with E-state index in [1.165, 1.54) is 0 Å². The number of dihydropyridines is 1. The van der Waals surface area contributed by atoms with Gasteiger partial charge in [-0.25, -0.2) is 0 Å². The van der Waals surface area contributed by atoms with Gasteiger partial charge in [-0.3, -0.25) is 0 Å². The van der Waals surface area contributed by atoms with Gasteiger partial charge >= 0.3 is 0 Å². The average molecular weight is 141 g/mol. The van der Waals surface area contributed by atoms with Crippen LogP contribution in [0.2, 0.25) is 0 Å². The lowest BCUT2D eigenvalue weighted by Crippen LogP contribution is -2.19. The maximum atomic E-state index is 3.22. The van der Waals surface area contributed by atoms with Crippen LogP contribution in [0.3, 0.4) is 0 Å². The van der Waals surface area contributed by atoms with Crippen molar-refractivity contribution < 1.29 is 0 Å². The highest BCUT2D eigenvalue weighted by Crippen LogP contribution is 2.10. The van der Waals surface area contributed by atoms with Crippen molar-refractivity contribution in [1.29, 1.82) is 0 Å². The van der Waals surface area contributed by atoms with Crippen LogP contribution in [-0.4, -0.2) is 11.1 Å². The molecule has 1 aliphatic rings. The van der Waals surface area contributed by atoms with Gasteiger partial charge < -0.3 is 5.32 Å². The number of rotatable bonds is 2. The van der Waals surface area contributed by atoms with E-state index >= 15 is 0 Å². The molecule has 0 saturated carbocycles. The van der Waals surface area contributed by atoms with E-state index in [-0.39, 0.29) is 0 Å². The fourth-order valence-electron chi connectivity index (χ4n) is 0.710. The monoisotopic (exact) mass is 141 g/mol. The normalized spacial score (nSPS) is 23.9. The molecule has 0 saturated heterocycles. The number of allylic oxidation sites excluding steroid dienone is 2. The van der Waals surface area contributed by atoms with Gasteiger partial charge in [0.25, 0.3) is 0 Å². The zero-order chi connectivity index (χ0) is 6.53. The molecule has 50 valence electrons. The maximum Gasteiger partial charge on any atom is 0.0907 e. The molecule has 9 heavy (non-hydrogen) atoms. The number of hydrogen-bond acceptors (Lipinski definition) is 2. The van der Waals surface area contributed by atoms with E-state index in [4.69, 9.17) is 0 Å². The van der Waals surface area contributed by atoms with Crippen LogP contribution in [-0.2, 0) is 0 Å². The molecule has 0 aromatic carbocycles. The van der Waals surface area contributed by atoms with E-state index < -0.39 is 0 Å². The summed E-state index contributed by atoms with van der Waals surface area (Å²) in [5.74, 6) is 1.16. The molecule has 0 radical (unpaired) electrons. The molecular weight excluding hydrogens is 130 g/mol. The molecule has 0 aliphatic carbocycles. The van der Waals surface area contributed by atoms with Gasteiger partial charge in [0, 0.05) is 0 Å². The number of nitrogens with one attached hydrogen (secondary N) is 1. The van der Waals surface area contributed by atoms with Gasteiger partial charge in [-0.1, -0.05) is 19.1 Å². The van der Waals surface area contributed by atoms with Crippen molar-refractivity contribution in [2.75, 3.05) is 5.75 Å². The van der Waals surface area contributed by atoms with E-state index in [0.29, 0.717) is 5.37 Å². The Morgan fingerprint density at radius 1 is 1.56 bits per heavy atom. The largest absolute Gasteiger partial charge is 0.376 e. The van der Waals surface area contributed by atoms with Crippen molar-refractivity contribution in [3.63, 3.8) is 0 Å². The van der Waals surface area contributed by atoms with E-state index in [0.717, 1.165) is 5.75 Å². The summed E-state index contributed by atoms with van der Waals surface area (Å²) >= 11 is 1.90. The fourth-order valence-corrected chi connectivity index (χ4v) is 1.45. The molecule has 1 aliphatic heterocycles. The van der Waals surface area contributed by atoms with Crippen LogP contribution in [0.15, 0.2) is 24.4 Å². The Balaban J connectivity index is 2.28. The smallest absolute Gasteiger partial charge is 0.0907 e. The van der Waals surface area contributed by atoms with Gasteiger partial charge in [0.05, 0.1) is 5.37 Å².